The smallest absolute Gasteiger partial charge is 0.316 e. The number of hydrogen-bond acceptors (Lipinski definition) is 7. The minimum atomic E-state index is -0.647. The summed E-state index contributed by atoms with van der Waals surface area (Å²) in [7, 11) is 0. The molecule has 142 valence electrons. The third-order valence-corrected chi connectivity index (χ3v) is 4.27. The maximum Gasteiger partial charge on any atom is 0.316 e. The predicted octanol–water partition coefficient (Wildman–Crippen LogP) is 3.27. The fraction of sp³-hybridized carbons (Fsp3) is 0.222. The monoisotopic (exact) mass is 390 g/mol. The SMILES string of the molecule is CCOc1ccccc1NC(=O)COC(=O)CSc1ccccc1[N+](=O)[O-]. The van der Waals surface area contributed by atoms with Crippen LogP contribution in [0, 0.1) is 10.1 Å². The van der Waals surface area contributed by atoms with E-state index in [-0.39, 0.29) is 11.4 Å². The Hall–Kier alpha value is -3.07. The molecule has 0 fully saturated rings. The van der Waals surface area contributed by atoms with Crippen molar-refractivity contribution in [1.82, 2.24) is 0 Å². The van der Waals surface area contributed by atoms with Gasteiger partial charge in [0.25, 0.3) is 11.6 Å². The Labute approximate surface area is 160 Å². The lowest BCUT2D eigenvalue weighted by Gasteiger charge is -2.11. The van der Waals surface area contributed by atoms with E-state index in [4.69, 9.17) is 9.47 Å². The number of ether oxygens (including phenoxy) is 2. The van der Waals surface area contributed by atoms with Crippen LogP contribution >= 0.6 is 11.8 Å². The highest BCUT2D eigenvalue weighted by molar-refractivity contribution is 8.00. The zero-order valence-corrected chi connectivity index (χ0v) is 15.4. The van der Waals surface area contributed by atoms with Crippen LogP contribution in [0.25, 0.3) is 0 Å². The molecule has 0 heterocycles. The molecule has 1 N–H and O–H groups in total. The van der Waals surface area contributed by atoms with E-state index in [2.05, 4.69) is 5.32 Å². The normalized spacial score (nSPS) is 10.1. The summed E-state index contributed by atoms with van der Waals surface area (Å²) in [5.74, 6) is -0.780. The number of anilines is 1. The van der Waals surface area contributed by atoms with Crippen molar-refractivity contribution in [3.63, 3.8) is 0 Å². The Morgan fingerprint density at radius 1 is 1.15 bits per heavy atom. The van der Waals surface area contributed by atoms with Crippen LogP contribution in [0.15, 0.2) is 53.4 Å². The first-order chi connectivity index (χ1) is 13.0. The molecule has 8 nitrogen and oxygen atoms in total. The Bertz CT molecular complexity index is 827. The van der Waals surface area contributed by atoms with Gasteiger partial charge in [-0.3, -0.25) is 19.7 Å². The predicted molar refractivity (Wildman–Crippen MR) is 101 cm³/mol. The lowest BCUT2D eigenvalue weighted by molar-refractivity contribution is -0.387. The number of hydrogen-bond donors (Lipinski definition) is 1. The molecule has 0 aliphatic rings. The van der Waals surface area contributed by atoms with Crippen molar-refractivity contribution >= 4 is 35.0 Å². The van der Waals surface area contributed by atoms with E-state index in [0.29, 0.717) is 22.9 Å². The van der Waals surface area contributed by atoms with Crippen LogP contribution in [0.4, 0.5) is 11.4 Å². The number of nitrogens with zero attached hydrogens (tertiary/aromatic N) is 1. The second-order valence-corrected chi connectivity index (χ2v) is 6.17. The molecule has 0 saturated heterocycles. The number of carbonyl (C=O) groups excluding carboxylic acids is 2. The largest absolute Gasteiger partial charge is 0.492 e. The van der Waals surface area contributed by atoms with Gasteiger partial charge < -0.3 is 14.8 Å². The van der Waals surface area contributed by atoms with Crippen LogP contribution in [0.1, 0.15) is 6.92 Å². The number of nitrogens with one attached hydrogen (secondary N) is 1. The molecular weight excluding hydrogens is 372 g/mol. The number of amides is 1. The molecule has 2 rings (SSSR count). The Morgan fingerprint density at radius 3 is 2.59 bits per heavy atom. The highest BCUT2D eigenvalue weighted by Crippen LogP contribution is 2.28. The van der Waals surface area contributed by atoms with Gasteiger partial charge in [0, 0.05) is 6.07 Å². The van der Waals surface area contributed by atoms with Crippen molar-refractivity contribution in [2.45, 2.75) is 11.8 Å². The highest BCUT2D eigenvalue weighted by atomic mass is 32.2. The zero-order chi connectivity index (χ0) is 19.6. The van der Waals surface area contributed by atoms with Crippen LogP contribution in [0.2, 0.25) is 0 Å². The molecule has 9 heteroatoms. The molecule has 1 amide bonds. The average Bonchev–Trinajstić information content (AvgIpc) is 2.66. The third kappa shape index (κ3) is 6.30. The van der Waals surface area contributed by atoms with Crippen LogP contribution in [0.5, 0.6) is 5.75 Å². The summed E-state index contributed by atoms with van der Waals surface area (Å²) in [5, 5.41) is 13.6. The first kappa shape index (κ1) is 20.2. The Morgan fingerprint density at radius 2 is 1.85 bits per heavy atom. The van der Waals surface area contributed by atoms with Crippen molar-refractivity contribution in [3.8, 4) is 5.75 Å². The first-order valence-corrected chi connectivity index (χ1v) is 9.03. The number of esters is 1. The molecule has 0 aromatic heterocycles. The van der Waals surface area contributed by atoms with Gasteiger partial charge in [-0.05, 0) is 25.1 Å². The van der Waals surface area contributed by atoms with Gasteiger partial charge in [0.05, 0.1) is 27.9 Å². The molecule has 27 heavy (non-hydrogen) atoms. The molecule has 2 aromatic rings. The van der Waals surface area contributed by atoms with E-state index < -0.39 is 23.4 Å². The van der Waals surface area contributed by atoms with E-state index >= 15 is 0 Å². The number of benzene rings is 2. The van der Waals surface area contributed by atoms with Crippen LogP contribution in [-0.4, -0.2) is 35.8 Å². The maximum absolute atomic E-state index is 12.0. The third-order valence-electron chi connectivity index (χ3n) is 3.23. The van der Waals surface area contributed by atoms with Gasteiger partial charge in [0.15, 0.2) is 6.61 Å². The number of nitro benzene ring substituents is 1. The molecule has 0 bridgehead atoms. The van der Waals surface area contributed by atoms with Gasteiger partial charge in [-0.1, -0.05) is 24.3 Å². The molecule has 0 aliphatic carbocycles. The quantitative estimate of drug-likeness (QED) is 0.303. The molecule has 0 spiro atoms. The summed E-state index contributed by atoms with van der Waals surface area (Å²) in [4.78, 5) is 34.5. The standard InChI is InChI=1S/C18H18N2O6S/c1-2-25-15-9-5-3-7-13(15)19-17(21)11-26-18(22)12-27-16-10-6-4-8-14(16)20(23)24/h3-10H,2,11-12H2,1H3,(H,19,21). The van der Waals surface area contributed by atoms with E-state index in [1.54, 1.807) is 42.5 Å². The van der Waals surface area contributed by atoms with Crippen molar-refractivity contribution in [2.75, 3.05) is 24.3 Å². The number of rotatable bonds is 9. The van der Waals surface area contributed by atoms with Crippen molar-refractivity contribution in [1.29, 1.82) is 0 Å². The Balaban J connectivity index is 1.82. The van der Waals surface area contributed by atoms with Crippen molar-refractivity contribution < 1.29 is 24.0 Å². The zero-order valence-electron chi connectivity index (χ0n) is 14.5. The fourth-order valence-electron chi connectivity index (χ4n) is 2.09. The lowest BCUT2D eigenvalue weighted by atomic mass is 10.3. The van der Waals surface area contributed by atoms with Gasteiger partial charge in [-0.15, -0.1) is 11.8 Å². The van der Waals surface area contributed by atoms with Crippen molar-refractivity contribution in [3.05, 3.63) is 58.6 Å². The van der Waals surface area contributed by atoms with Crippen molar-refractivity contribution in [2.24, 2.45) is 0 Å². The number of thioether (sulfide) groups is 1. The van der Waals surface area contributed by atoms with Gasteiger partial charge in [0.1, 0.15) is 5.75 Å². The van der Waals surface area contributed by atoms with Gasteiger partial charge in [0.2, 0.25) is 0 Å². The second-order valence-electron chi connectivity index (χ2n) is 5.15. The van der Waals surface area contributed by atoms with E-state index in [1.807, 2.05) is 6.92 Å². The molecule has 0 saturated carbocycles. The maximum atomic E-state index is 12.0. The highest BCUT2D eigenvalue weighted by Gasteiger charge is 2.16. The molecule has 2 aromatic carbocycles. The van der Waals surface area contributed by atoms with Crippen LogP contribution < -0.4 is 10.1 Å². The molecule has 0 atom stereocenters. The summed E-state index contributed by atoms with van der Waals surface area (Å²) < 4.78 is 10.3. The van der Waals surface area contributed by atoms with Crippen LogP contribution in [-0.2, 0) is 14.3 Å². The van der Waals surface area contributed by atoms with E-state index in [1.165, 1.54) is 6.07 Å². The minimum absolute atomic E-state index is 0.0828. The summed E-state index contributed by atoms with van der Waals surface area (Å²) in [5.41, 5.74) is 0.398. The second kappa shape index (κ2) is 10.2. The summed E-state index contributed by atoms with van der Waals surface area (Å²) >= 11 is 0.980. The fourth-order valence-corrected chi connectivity index (χ4v) is 2.91. The number of nitro groups is 1. The first-order valence-electron chi connectivity index (χ1n) is 8.04. The van der Waals surface area contributed by atoms with Gasteiger partial charge >= 0.3 is 5.97 Å². The Kier molecular flexibility index (Phi) is 7.63. The van der Waals surface area contributed by atoms with Crippen LogP contribution in [0.3, 0.4) is 0 Å². The molecular formula is C18H18N2O6S. The van der Waals surface area contributed by atoms with E-state index in [9.17, 15) is 19.7 Å². The van der Waals surface area contributed by atoms with Gasteiger partial charge in [-0.25, -0.2) is 0 Å². The number of carbonyl (C=O) groups is 2. The van der Waals surface area contributed by atoms with Gasteiger partial charge in [-0.2, -0.15) is 0 Å². The van der Waals surface area contributed by atoms with E-state index in [0.717, 1.165) is 11.8 Å². The average molecular weight is 390 g/mol. The molecule has 0 radical (unpaired) electrons. The number of para-hydroxylation sites is 3. The topological polar surface area (TPSA) is 108 Å². The summed E-state index contributed by atoms with van der Waals surface area (Å²) in [6, 6.07) is 13.0. The minimum Gasteiger partial charge on any atom is -0.492 e. The lowest BCUT2D eigenvalue weighted by Crippen LogP contribution is -2.22. The summed E-state index contributed by atoms with van der Waals surface area (Å²) in [6.07, 6.45) is 0. The molecule has 0 unspecified atom stereocenters. The molecule has 0 aliphatic heterocycles. The summed E-state index contributed by atoms with van der Waals surface area (Å²) in [6.45, 7) is 1.82.